The first-order valence-corrected chi connectivity index (χ1v) is 10.6. The summed E-state index contributed by atoms with van der Waals surface area (Å²) in [6.45, 7) is 10.2. The number of rotatable bonds is 13. The molecular formula is C15H33O6P. The van der Waals surface area contributed by atoms with Crippen LogP contribution in [0.15, 0.2) is 0 Å². The third kappa shape index (κ3) is 22.0. The summed E-state index contributed by atoms with van der Waals surface area (Å²) in [5.74, 6) is -1.08. The van der Waals surface area contributed by atoms with Crippen molar-refractivity contribution in [3.05, 3.63) is 0 Å². The van der Waals surface area contributed by atoms with Crippen molar-refractivity contribution in [1.29, 1.82) is 0 Å². The van der Waals surface area contributed by atoms with Crippen LogP contribution >= 0.6 is 7.26 Å². The Bertz CT molecular complexity index is 238. The fourth-order valence-electron chi connectivity index (χ4n) is 1.31. The molecular weight excluding hydrogens is 307 g/mol. The van der Waals surface area contributed by atoms with Crippen molar-refractivity contribution in [2.24, 2.45) is 0 Å². The van der Waals surface area contributed by atoms with E-state index in [9.17, 15) is 9.90 Å². The number of carboxylic acid groups (broad SMARTS) is 1. The van der Waals surface area contributed by atoms with Crippen molar-refractivity contribution < 1.29 is 28.8 Å². The average molecular weight is 340 g/mol. The second-order valence-electron chi connectivity index (χ2n) is 5.30. The molecule has 7 heteroatoms. The highest BCUT2D eigenvalue weighted by molar-refractivity contribution is 7.74. The summed E-state index contributed by atoms with van der Waals surface area (Å²) in [6.07, 6.45) is 2.38. The van der Waals surface area contributed by atoms with Gasteiger partial charge < -0.3 is 28.8 Å². The molecule has 22 heavy (non-hydrogen) atoms. The van der Waals surface area contributed by atoms with Crippen LogP contribution in [0.1, 0.15) is 13.3 Å². The smallest absolute Gasteiger partial charge is 0.0823 e. The zero-order valence-corrected chi connectivity index (χ0v) is 15.7. The molecule has 0 heterocycles. The number of hydrogen-bond acceptors (Lipinski definition) is 6. The van der Waals surface area contributed by atoms with Gasteiger partial charge >= 0.3 is 0 Å². The van der Waals surface area contributed by atoms with E-state index in [1.807, 2.05) is 6.92 Å². The first kappa shape index (κ1) is 24.0. The molecule has 134 valence electrons. The molecule has 0 atom stereocenters. The molecule has 0 amide bonds. The molecule has 0 rings (SSSR count). The van der Waals surface area contributed by atoms with Gasteiger partial charge in [0.2, 0.25) is 0 Å². The van der Waals surface area contributed by atoms with Gasteiger partial charge in [-0.05, 0) is 6.92 Å². The Morgan fingerprint density at radius 3 is 1.82 bits per heavy atom. The Balaban J connectivity index is 0. The first-order chi connectivity index (χ1) is 10.4. The van der Waals surface area contributed by atoms with Crippen molar-refractivity contribution in [2.45, 2.75) is 13.3 Å². The lowest BCUT2D eigenvalue weighted by Crippen LogP contribution is -2.23. The highest BCUT2D eigenvalue weighted by Crippen LogP contribution is 2.50. The fourth-order valence-corrected chi connectivity index (χ4v) is 2.89. The maximum atomic E-state index is 9.87. The van der Waals surface area contributed by atoms with E-state index in [1.54, 1.807) is 14.2 Å². The minimum absolute atomic E-state index is 0.0495. The number of ether oxygens (including phenoxy) is 4. The summed E-state index contributed by atoms with van der Waals surface area (Å²) >= 11 is 0. The normalized spacial score (nSPS) is 11.0. The molecule has 0 spiro atoms. The molecule has 0 aliphatic heterocycles. The van der Waals surface area contributed by atoms with Gasteiger partial charge in [-0.2, -0.15) is 0 Å². The van der Waals surface area contributed by atoms with E-state index in [0.717, 1.165) is 13.2 Å². The molecule has 0 saturated heterocycles. The Morgan fingerprint density at radius 1 is 0.909 bits per heavy atom. The van der Waals surface area contributed by atoms with Crippen molar-refractivity contribution in [1.82, 2.24) is 0 Å². The Morgan fingerprint density at radius 2 is 1.41 bits per heavy atom. The largest absolute Gasteiger partial charge is 0.550 e. The molecule has 0 aromatic rings. The Kier molecular flexibility index (Phi) is 18.7. The lowest BCUT2D eigenvalue weighted by molar-refractivity contribution is -0.306. The van der Waals surface area contributed by atoms with Gasteiger partial charge in [0.1, 0.15) is 0 Å². The Labute approximate surface area is 135 Å². The summed E-state index contributed by atoms with van der Waals surface area (Å²) < 4.78 is 19.9. The molecule has 0 N–H and O–H groups in total. The van der Waals surface area contributed by atoms with Crippen molar-refractivity contribution in [2.75, 3.05) is 79.5 Å². The zero-order valence-electron chi connectivity index (χ0n) is 14.8. The van der Waals surface area contributed by atoms with Crippen LogP contribution in [0.5, 0.6) is 0 Å². The first-order valence-electron chi connectivity index (χ1n) is 7.54. The molecule has 0 fully saturated rings. The van der Waals surface area contributed by atoms with Gasteiger partial charge in [0.25, 0.3) is 0 Å². The highest BCUT2D eigenvalue weighted by Gasteiger charge is 2.23. The number of hydrogen-bond donors (Lipinski definition) is 0. The van der Waals surface area contributed by atoms with Gasteiger partial charge in [-0.25, -0.2) is 0 Å². The maximum absolute atomic E-state index is 9.87. The molecule has 0 radical (unpaired) electrons. The van der Waals surface area contributed by atoms with Crippen LogP contribution in [0, 0.1) is 0 Å². The molecule has 0 unspecified atom stereocenters. The average Bonchev–Trinajstić information content (AvgIpc) is 2.47. The van der Waals surface area contributed by atoms with Crippen LogP contribution in [0.4, 0.5) is 0 Å². The zero-order chi connectivity index (χ0) is 17.3. The third-order valence-electron chi connectivity index (χ3n) is 2.83. The van der Waals surface area contributed by atoms with Crippen molar-refractivity contribution in [3.8, 4) is 0 Å². The molecule has 0 bridgehead atoms. The van der Waals surface area contributed by atoms with Crippen LogP contribution in [0.25, 0.3) is 0 Å². The van der Waals surface area contributed by atoms with Gasteiger partial charge in [-0.1, -0.05) is 0 Å². The topological polar surface area (TPSA) is 77.1 Å². The van der Waals surface area contributed by atoms with E-state index in [-0.39, 0.29) is 13.0 Å². The highest BCUT2D eigenvalue weighted by atomic mass is 31.2. The summed E-state index contributed by atoms with van der Waals surface area (Å²) in [4.78, 5) is 9.87. The van der Waals surface area contributed by atoms with Gasteiger partial charge in [0.05, 0.1) is 45.4 Å². The molecule has 0 aromatic carbocycles. The van der Waals surface area contributed by atoms with Crippen LogP contribution in [-0.4, -0.2) is 85.5 Å². The van der Waals surface area contributed by atoms with Crippen molar-refractivity contribution >= 4 is 13.2 Å². The molecule has 0 aliphatic rings. The molecule has 6 nitrogen and oxygen atoms in total. The second kappa shape index (κ2) is 17.1. The van der Waals surface area contributed by atoms with Crippen LogP contribution in [0.2, 0.25) is 0 Å². The van der Waals surface area contributed by atoms with Crippen LogP contribution in [0.3, 0.4) is 0 Å². The van der Waals surface area contributed by atoms with E-state index >= 15 is 0 Å². The number of carboxylic acids is 1. The minimum atomic E-state index is -1.08. The van der Waals surface area contributed by atoms with Crippen LogP contribution < -0.4 is 5.11 Å². The molecule has 0 aromatic heterocycles. The number of methoxy groups -OCH3 is 2. The summed E-state index contributed by atoms with van der Waals surface area (Å²) in [6, 6.07) is 0. The van der Waals surface area contributed by atoms with Gasteiger partial charge in [-0.15, -0.1) is 0 Å². The van der Waals surface area contributed by atoms with Crippen molar-refractivity contribution in [3.63, 3.8) is 0 Å². The standard InChI is InChI=1S/C8H20O2P.C7H14O4/c1-9-5-7-11(3,4)8-6-10-2;1-2-10-5-6-11-4-3-7(8)9/h5-8H2,1-4H3;2-6H2,1H3,(H,8,9)/q+1;/p-1. The minimum Gasteiger partial charge on any atom is -0.550 e. The third-order valence-corrected chi connectivity index (χ3v) is 5.61. The number of carbonyl (C=O) groups excluding carboxylic acids is 1. The predicted molar refractivity (Wildman–Crippen MR) is 89.2 cm³/mol. The lowest BCUT2D eigenvalue weighted by atomic mass is 10.5. The summed E-state index contributed by atoms with van der Waals surface area (Å²) in [5.41, 5.74) is 0. The predicted octanol–water partition coefficient (Wildman–Crippen LogP) is 0.736. The number of aliphatic carboxylic acids is 1. The maximum Gasteiger partial charge on any atom is 0.0823 e. The van der Waals surface area contributed by atoms with Gasteiger partial charge in [0, 0.05) is 53.8 Å². The van der Waals surface area contributed by atoms with E-state index in [2.05, 4.69) is 13.3 Å². The van der Waals surface area contributed by atoms with E-state index in [4.69, 9.17) is 18.9 Å². The molecule has 0 aliphatic carbocycles. The summed E-state index contributed by atoms with van der Waals surface area (Å²) in [5, 5.41) is 9.87. The molecule has 0 saturated carbocycles. The fraction of sp³-hybridized carbons (Fsp3) is 0.933. The lowest BCUT2D eigenvalue weighted by Gasteiger charge is -2.16. The monoisotopic (exact) mass is 340 g/mol. The van der Waals surface area contributed by atoms with Gasteiger partial charge in [-0.3, -0.25) is 0 Å². The van der Waals surface area contributed by atoms with E-state index in [1.165, 1.54) is 12.3 Å². The van der Waals surface area contributed by atoms with E-state index < -0.39 is 13.2 Å². The summed E-state index contributed by atoms with van der Waals surface area (Å²) in [7, 11) is 2.79. The second-order valence-corrected chi connectivity index (χ2v) is 10.1. The van der Waals surface area contributed by atoms with Crippen LogP contribution in [-0.2, 0) is 23.7 Å². The number of carbonyl (C=O) groups is 1. The Hall–Kier alpha value is -0.260. The van der Waals surface area contributed by atoms with E-state index in [0.29, 0.717) is 19.8 Å². The SMILES string of the molecule is CCOCCOCCC(=O)[O-].COCC[P+](C)(C)CCOC. The quantitative estimate of drug-likeness (QED) is 0.363. The van der Waals surface area contributed by atoms with Gasteiger partial charge in [0.15, 0.2) is 0 Å².